The molecule has 0 bridgehead atoms. The van der Waals surface area contributed by atoms with Gasteiger partial charge in [-0.15, -0.1) is 10.2 Å². The molecule has 0 aliphatic rings. The zero-order valence-corrected chi connectivity index (χ0v) is 17.7. The number of ketones is 1. The van der Waals surface area contributed by atoms with Gasteiger partial charge in [-0.2, -0.15) is 0 Å². The lowest BCUT2D eigenvalue weighted by Crippen LogP contribution is -2.11. The van der Waals surface area contributed by atoms with Gasteiger partial charge in [-0.05, 0) is 29.5 Å². The van der Waals surface area contributed by atoms with Crippen molar-refractivity contribution in [1.29, 1.82) is 0 Å². The van der Waals surface area contributed by atoms with Crippen molar-refractivity contribution >= 4 is 17.5 Å². The molecule has 0 radical (unpaired) electrons. The molecule has 0 atom stereocenters. The standard InChI is InChI=1S/C22H26N4OS/c1-5-14-26-20(17-10-12-23-13-11-17)24-25-21(26)28-15-19(27)16-6-8-18(9-7-16)22(2,3)4/h6-13H,5,14-15H2,1-4H3. The van der Waals surface area contributed by atoms with Crippen LogP contribution in [0.5, 0.6) is 0 Å². The van der Waals surface area contributed by atoms with Crippen molar-refractivity contribution in [3.05, 3.63) is 59.9 Å². The second-order valence-corrected chi connectivity index (χ2v) is 8.68. The van der Waals surface area contributed by atoms with Gasteiger partial charge in [-0.3, -0.25) is 9.78 Å². The number of carbonyl (C=O) groups excluding carboxylic acids is 1. The summed E-state index contributed by atoms with van der Waals surface area (Å²) in [5.74, 6) is 1.25. The van der Waals surface area contributed by atoms with Gasteiger partial charge in [0.15, 0.2) is 16.8 Å². The second kappa shape index (κ2) is 8.69. The SMILES string of the molecule is CCCn1c(SCC(=O)c2ccc(C(C)(C)C)cc2)nnc1-c1ccncc1. The largest absolute Gasteiger partial charge is 0.302 e. The van der Waals surface area contributed by atoms with E-state index in [9.17, 15) is 4.79 Å². The summed E-state index contributed by atoms with van der Waals surface area (Å²) in [5, 5.41) is 9.45. The molecule has 0 aliphatic heterocycles. The van der Waals surface area contributed by atoms with Crippen LogP contribution in [-0.2, 0) is 12.0 Å². The average Bonchev–Trinajstić information content (AvgIpc) is 3.09. The Kier molecular flexibility index (Phi) is 6.29. The first-order valence-electron chi connectivity index (χ1n) is 9.50. The normalized spacial score (nSPS) is 11.6. The first-order chi connectivity index (χ1) is 13.4. The summed E-state index contributed by atoms with van der Waals surface area (Å²) in [6.45, 7) is 9.43. The highest BCUT2D eigenvalue weighted by Gasteiger charge is 2.17. The molecular weight excluding hydrogens is 368 g/mol. The third kappa shape index (κ3) is 4.68. The van der Waals surface area contributed by atoms with Crippen LogP contribution in [-0.4, -0.2) is 31.3 Å². The van der Waals surface area contributed by atoms with E-state index in [0.717, 1.165) is 35.1 Å². The highest BCUT2D eigenvalue weighted by atomic mass is 32.2. The van der Waals surface area contributed by atoms with E-state index >= 15 is 0 Å². The van der Waals surface area contributed by atoms with Crippen LogP contribution in [0.4, 0.5) is 0 Å². The highest BCUT2D eigenvalue weighted by Crippen LogP contribution is 2.26. The maximum absolute atomic E-state index is 12.6. The first-order valence-corrected chi connectivity index (χ1v) is 10.5. The second-order valence-electron chi connectivity index (χ2n) is 7.73. The first kappa shape index (κ1) is 20.3. The number of thioether (sulfide) groups is 1. The lowest BCUT2D eigenvalue weighted by Gasteiger charge is -2.18. The van der Waals surface area contributed by atoms with Gasteiger partial charge in [-0.1, -0.05) is 63.7 Å². The van der Waals surface area contributed by atoms with E-state index in [4.69, 9.17) is 0 Å². The number of Topliss-reactive ketones (excluding diaryl/α,β-unsaturated/α-hetero) is 1. The van der Waals surface area contributed by atoms with Crippen LogP contribution in [0.25, 0.3) is 11.4 Å². The lowest BCUT2D eigenvalue weighted by atomic mass is 9.86. The number of carbonyl (C=O) groups is 1. The molecule has 2 heterocycles. The summed E-state index contributed by atoms with van der Waals surface area (Å²) in [4.78, 5) is 16.7. The number of nitrogens with zero attached hydrogens (tertiary/aromatic N) is 4. The minimum Gasteiger partial charge on any atom is -0.302 e. The number of hydrogen-bond donors (Lipinski definition) is 0. The summed E-state index contributed by atoms with van der Waals surface area (Å²) in [6.07, 6.45) is 4.46. The molecule has 3 aromatic rings. The molecule has 28 heavy (non-hydrogen) atoms. The van der Waals surface area contributed by atoms with E-state index in [0.29, 0.717) is 5.75 Å². The molecular formula is C22H26N4OS. The zero-order chi connectivity index (χ0) is 20.1. The van der Waals surface area contributed by atoms with Gasteiger partial charge < -0.3 is 4.57 Å². The minimum absolute atomic E-state index is 0.0796. The summed E-state index contributed by atoms with van der Waals surface area (Å²) in [5.41, 5.74) is 3.01. The third-order valence-corrected chi connectivity index (χ3v) is 5.47. The van der Waals surface area contributed by atoms with E-state index in [-0.39, 0.29) is 11.2 Å². The molecule has 5 nitrogen and oxygen atoms in total. The van der Waals surface area contributed by atoms with Crippen LogP contribution >= 0.6 is 11.8 Å². The van der Waals surface area contributed by atoms with Crippen LogP contribution in [0, 0.1) is 0 Å². The molecule has 1 aromatic carbocycles. The summed E-state index contributed by atoms with van der Waals surface area (Å²) in [6, 6.07) is 11.8. The Morgan fingerprint density at radius 1 is 1.04 bits per heavy atom. The van der Waals surface area contributed by atoms with Gasteiger partial charge >= 0.3 is 0 Å². The van der Waals surface area contributed by atoms with Crippen molar-refractivity contribution in [3.63, 3.8) is 0 Å². The van der Waals surface area contributed by atoms with E-state index in [2.05, 4.69) is 47.4 Å². The predicted molar refractivity (Wildman–Crippen MR) is 114 cm³/mol. The van der Waals surface area contributed by atoms with Gasteiger partial charge in [0.2, 0.25) is 0 Å². The van der Waals surface area contributed by atoms with Crippen molar-refractivity contribution < 1.29 is 4.79 Å². The lowest BCUT2D eigenvalue weighted by molar-refractivity contribution is 0.102. The van der Waals surface area contributed by atoms with Crippen LogP contribution in [0.2, 0.25) is 0 Å². The van der Waals surface area contributed by atoms with E-state index in [1.54, 1.807) is 12.4 Å². The molecule has 0 saturated carbocycles. The van der Waals surface area contributed by atoms with Crippen molar-refractivity contribution in [2.24, 2.45) is 0 Å². The number of pyridine rings is 1. The molecule has 146 valence electrons. The van der Waals surface area contributed by atoms with Crippen LogP contribution in [0.15, 0.2) is 53.9 Å². The quantitative estimate of drug-likeness (QED) is 0.416. The number of aromatic nitrogens is 4. The molecule has 0 unspecified atom stereocenters. The molecule has 0 N–H and O–H groups in total. The van der Waals surface area contributed by atoms with Crippen molar-refractivity contribution in [1.82, 2.24) is 19.7 Å². The molecule has 0 fully saturated rings. The number of rotatable bonds is 7. The Morgan fingerprint density at radius 2 is 1.71 bits per heavy atom. The fourth-order valence-electron chi connectivity index (χ4n) is 2.90. The van der Waals surface area contributed by atoms with Crippen LogP contribution in [0.1, 0.15) is 50.0 Å². The molecule has 0 amide bonds. The Labute approximate surface area is 170 Å². The van der Waals surface area contributed by atoms with Crippen LogP contribution < -0.4 is 0 Å². The van der Waals surface area contributed by atoms with Crippen molar-refractivity contribution in [2.45, 2.75) is 51.2 Å². The average molecular weight is 395 g/mol. The summed E-state index contributed by atoms with van der Waals surface area (Å²) < 4.78 is 2.08. The minimum atomic E-state index is 0.0796. The summed E-state index contributed by atoms with van der Waals surface area (Å²) >= 11 is 1.44. The Morgan fingerprint density at radius 3 is 2.32 bits per heavy atom. The molecule has 2 aromatic heterocycles. The molecule has 3 rings (SSSR count). The van der Waals surface area contributed by atoms with Crippen molar-refractivity contribution in [2.75, 3.05) is 5.75 Å². The zero-order valence-electron chi connectivity index (χ0n) is 16.8. The smallest absolute Gasteiger partial charge is 0.191 e. The fourth-order valence-corrected chi connectivity index (χ4v) is 3.76. The topological polar surface area (TPSA) is 60.7 Å². The Balaban J connectivity index is 1.73. The van der Waals surface area contributed by atoms with Gasteiger partial charge in [-0.25, -0.2) is 0 Å². The monoisotopic (exact) mass is 394 g/mol. The third-order valence-electron chi connectivity index (χ3n) is 4.51. The van der Waals surface area contributed by atoms with Gasteiger partial charge in [0, 0.05) is 30.1 Å². The van der Waals surface area contributed by atoms with Crippen LogP contribution in [0.3, 0.4) is 0 Å². The molecule has 0 spiro atoms. The van der Waals surface area contributed by atoms with Gasteiger partial charge in [0.1, 0.15) is 0 Å². The van der Waals surface area contributed by atoms with E-state index in [1.165, 1.54) is 17.3 Å². The maximum atomic E-state index is 12.6. The number of hydrogen-bond acceptors (Lipinski definition) is 5. The molecule has 0 saturated heterocycles. The Hall–Kier alpha value is -2.47. The summed E-state index contributed by atoms with van der Waals surface area (Å²) in [7, 11) is 0. The van der Waals surface area contributed by atoms with E-state index < -0.39 is 0 Å². The molecule has 6 heteroatoms. The Bertz CT molecular complexity index is 927. The van der Waals surface area contributed by atoms with Gasteiger partial charge in [0.05, 0.1) is 5.75 Å². The fraction of sp³-hybridized carbons (Fsp3) is 0.364. The van der Waals surface area contributed by atoms with Gasteiger partial charge in [0.25, 0.3) is 0 Å². The predicted octanol–water partition coefficient (Wildman–Crippen LogP) is 5.02. The maximum Gasteiger partial charge on any atom is 0.191 e. The molecule has 0 aliphatic carbocycles. The van der Waals surface area contributed by atoms with Crippen molar-refractivity contribution in [3.8, 4) is 11.4 Å². The number of benzene rings is 1. The highest BCUT2D eigenvalue weighted by molar-refractivity contribution is 7.99. The van der Waals surface area contributed by atoms with E-state index in [1.807, 2.05) is 36.4 Å².